The molecule has 1 aromatic carbocycles. The van der Waals surface area contributed by atoms with Crippen LogP contribution in [0.5, 0.6) is 5.88 Å². The Hall–Kier alpha value is -1.90. The van der Waals surface area contributed by atoms with E-state index in [1.165, 1.54) is 31.0 Å². The second-order valence-electron chi connectivity index (χ2n) is 5.35. The lowest BCUT2D eigenvalue weighted by molar-refractivity contribution is 0.103. The number of nitrogens with zero attached hydrogens (tertiary/aromatic N) is 2. The minimum Gasteiger partial charge on any atom is -0.493 e. The number of aryl methyl sites for hydroxylation is 2. The summed E-state index contributed by atoms with van der Waals surface area (Å²) in [5.41, 5.74) is 0.641. The van der Waals surface area contributed by atoms with Crippen LogP contribution in [0.3, 0.4) is 0 Å². The summed E-state index contributed by atoms with van der Waals surface area (Å²) in [5.74, 6) is -0.824. The van der Waals surface area contributed by atoms with Gasteiger partial charge in [-0.05, 0) is 19.1 Å². The molecule has 1 N–H and O–H groups in total. The second-order valence-corrected chi connectivity index (χ2v) is 7.71. The Morgan fingerprint density at radius 3 is 2.50 bits per heavy atom. The third-order valence-electron chi connectivity index (χ3n) is 3.55. The van der Waals surface area contributed by atoms with Gasteiger partial charge in [0.1, 0.15) is 5.56 Å². The van der Waals surface area contributed by atoms with Crippen molar-refractivity contribution in [2.45, 2.75) is 18.4 Å². The minimum atomic E-state index is -3.54. The first-order chi connectivity index (χ1) is 11.1. The Labute approximate surface area is 144 Å². The number of methoxy groups -OCH3 is 1. The zero-order chi connectivity index (χ0) is 18.2. The molecule has 7 nitrogen and oxygen atoms in total. The molecule has 130 valence electrons. The molecule has 1 heterocycles. The maximum Gasteiger partial charge on any atom is 0.220 e. The number of carbonyl (C=O) groups excluding carboxylic acids is 1. The molecule has 0 saturated heterocycles. The van der Waals surface area contributed by atoms with E-state index < -0.39 is 15.6 Å². The van der Waals surface area contributed by atoms with E-state index >= 15 is 0 Å². The van der Waals surface area contributed by atoms with Crippen molar-refractivity contribution in [1.29, 1.82) is 0 Å². The maximum atomic E-state index is 12.8. The monoisotopic (exact) mass is 372 g/mol. The summed E-state index contributed by atoms with van der Waals surface area (Å²) in [6.45, 7) is 1.52. The van der Waals surface area contributed by atoms with Crippen molar-refractivity contribution in [3.05, 3.63) is 39.5 Å². The minimum absolute atomic E-state index is 0.00182. The number of benzene rings is 1. The SMILES string of the molecule is COCc1c(S(C)(=O)=O)ccc(C(=O)c2c(C)nn(C)c2O)c1Cl. The number of aromatic hydroxyl groups is 1. The van der Waals surface area contributed by atoms with Crippen molar-refractivity contribution >= 4 is 27.2 Å². The molecule has 9 heteroatoms. The van der Waals surface area contributed by atoms with Gasteiger partial charge in [0.05, 0.1) is 22.2 Å². The van der Waals surface area contributed by atoms with Gasteiger partial charge in [-0.1, -0.05) is 11.6 Å². The summed E-state index contributed by atoms with van der Waals surface area (Å²) in [6, 6.07) is 2.64. The number of aromatic nitrogens is 2. The number of ketones is 1. The van der Waals surface area contributed by atoms with E-state index in [9.17, 15) is 18.3 Å². The fourth-order valence-electron chi connectivity index (χ4n) is 2.45. The standard InChI is InChI=1S/C15H17ClN2O5S/c1-8-12(15(20)18(2)17-8)14(19)9-5-6-11(24(4,21)22)10(7-23-3)13(9)16/h5-6,20H,7H2,1-4H3. The zero-order valence-electron chi connectivity index (χ0n) is 13.6. The highest BCUT2D eigenvalue weighted by atomic mass is 35.5. The summed E-state index contributed by atoms with van der Waals surface area (Å²) < 4.78 is 30.0. The molecule has 0 unspecified atom stereocenters. The fraction of sp³-hybridized carbons (Fsp3) is 0.333. The number of sulfone groups is 1. The van der Waals surface area contributed by atoms with Gasteiger partial charge in [-0.3, -0.25) is 4.79 Å². The van der Waals surface area contributed by atoms with E-state index in [0.717, 1.165) is 6.26 Å². The molecule has 0 saturated carbocycles. The number of hydrogen-bond donors (Lipinski definition) is 1. The third-order valence-corrected chi connectivity index (χ3v) is 5.17. The van der Waals surface area contributed by atoms with Crippen molar-refractivity contribution in [3.63, 3.8) is 0 Å². The van der Waals surface area contributed by atoms with Crippen LogP contribution in [0.2, 0.25) is 5.02 Å². The summed E-state index contributed by atoms with van der Waals surface area (Å²) in [7, 11) is -0.638. The van der Waals surface area contributed by atoms with Gasteiger partial charge < -0.3 is 9.84 Å². The van der Waals surface area contributed by atoms with Gasteiger partial charge in [0, 0.05) is 31.5 Å². The number of ether oxygens (including phenoxy) is 1. The molecule has 0 aliphatic rings. The van der Waals surface area contributed by atoms with E-state index in [4.69, 9.17) is 16.3 Å². The lowest BCUT2D eigenvalue weighted by Gasteiger charge is -2.13. The van der Waals surface area contributed by atoms with Crippen LogP contribution in [0.25, 0.3) is 0 Å². The largest absolute Gasteiger partial charge is 0.493 e. The van der Waals surface area contributed by atoms with Gasteiger partial charge in [-0.15, -0.1) is 0 Å². The van der Waals surface area contributed by atoms with Crippen molar-refractivity contribution in [3.8, 4) is 5.88 Å². The molecule has 0 bridgehead atoms. The first kappa shape index (κ1) is 18.4. The van der Waals surface area contributed by atoms with Crippen LogP contribution in [0.4, 0.5) is 0 Å². The molecule has 0 aliphatic heterocycles. The first-order valence-corrected chi connectivity index (χ1v) is 9.14. The highest BCUT2D eigenvalue weighted by Crippen LogP contribution is 2.32. The number of hydrogen-bond acceptors (Lipinski definition) is 6. The summed E-state index contributed by atoms with van der Waals surface area (Å²) >= 11 is 6.28. The molecule has 0 amide bonds. The average Bonchev–Trinajstić information content (AvgIpc) is 2.72. The number of carbonyl (C=O) groups is 1. The summed E-state index contributed by atoms with van der Waals surface area (Å²) in [5, 5.41) is 14.0. The van der Waals surface area contributed by atoms with Crippen LogP contribution in [0.1, 0.15) is 27.2 Å². The lowest BCUT2D eigenvalue weighted by Crippen LogP contribution is -2.10. The molecule has 2 rings (SSSR count). The molecule has 0 aliphatic carbocycles. The van der Waals surface area contributed by atoms with Crippen LogP contribution >= 0.6 is 11.6 Å². The Bertz CT molecular complexity index is 918. The van der Waals surface area contributed by atoms with Crippen LogP contribution < -0.4 is 0 Å². The van der Waals surface area contributed by atoms with E-state index in [2.05, 4.69) is 5.10 Å². The highest BCUT2D eigenvalue weighted by Gasteiger charge is 2.26. The normalized spacial score (nSPS) is 11.7. The Kier molecular flexibility index (Phi) is 5.03. The van der Waals surface area contributed by atoms with Gasteiger partial charge in [-0.2, -0.15) is 5.10 Å². The molecular formula is C15H17ClN2O5S. The fourth-order valence-corrected chi connectivity index (χ4v) is 3.74. The van der Waals surface area contributed by atoms with Crippen LogP contribution in [-0.4, -0.2) is 42.5 Å². The van der Waals surface area contributed by atoms with Crippen molar-refractivity contribution < 1.29 is 23.1 Å². The van der Waals surface area contributed by atoms with Crippen molar-refractivity contribution in [2.24, 2.45) is 7.05 Å². The molecule has 0 fully saturated rings. The second kappa shape index (κ2) is 6.54. The van der Waals surface area contributed by atoms with Crippen LogP contribution in [-0.2, 0) is 28.2 Å². The quantitative estimate of drug-likeness (QED) is 0.804. The van der Waals surface area contributed by atoms with E-state index in [1.54, 1.807) is 6.92 Å². The van der Waals surface area contributed by atoms with E-state index in [0.29, 0.717) is 5.69 Å². The predicted octanol–water partition coefficient (Wildman–Crippen LogP) is 1.87. The molecule has 0 radical (unpaired) electrons. The van der Waals surface area contributed by atoms with Gasteiger partial charge in [0.15, 0.2) is 9.84 Å². The first-order valence-electron chi connectivity index (χ1n) is 6.87. The van der Waals surface area contributed by atoms with Gasteiger partial charge in [-0.25, -0.2) is 13.1 Å². The average molecular weight is 373 g/mol. The van der Waals surface area contributed by atoms with E-state index in [-0.39, 0.29) is 39.1 Å². The van der Waals surface area contributed by atoms with E-state index in [1.807, 2.05) is 0 Å². The third kappa shape index (κ3) is 3.17. The van der Waals surface area contributed by atoms with Crippen molar-refractivity contribution in [1.82, 2.24) is 9.78 Å². The Morgan fingerprint density at radius 2 is 2.04 bits per heavy atom. The Balaban J connectivity index is 2.68. The smallest absolute Gasteiger partial charge is 0.220 e. The highest BCUT2D eigenvalue weighted by molar-refractivity contribution is 7.90. The van der Waals surface area contributed by atoms with Crippen molar-refractivity contribution in [2.75, 3.05) is 13.4 Å². The predicted molar refractivity (Wildman–Crippen MR) is 88.3 cm³/mol. The molecule has 0 atom stereocenters. The maximum absolute atomic E-state index is 12.8. The molecule has 0 spiro atoms. The Morgan fingerprint density at radius 1 is 1.42 bits per heavy atom. The summed E-state index contributed by atoms with van der Waals surface area (Å²) in [6.07, 6.45) is 1.05. The molecular weight excluding hydrogens is 356 g/mol. The molecule has 1 aromatic heterocycles. The summed E-state index contributed by atoms with van der Waals surface area (Å²) in [4.78, 5) is 12.7. The topological polar surface area (TPSA) is 98.5 Å². The van der Waals surface area contributed by atoms with Crippen LogP contribution in [0.15, 0.2) is 17.0 Å². The van der Waals surface area contributed by atoms with Crippen LogP contribution in [0, 0.1) is 6.92 Å². The van der Waals surface area contributed by atoms with Gasteiger partial charge in [0.25, 0.3) is 0 Å². The zero-order valence-corrected chi connectivity index (χ0v) is 15.2. The molecule has 24 heavy (non-hydrogen) atoms. The van der Waals surface area contributed by atoms with Gasteiger partial charge in [0.2, 0.25) is 11.7 Å². The molecule has 2 aromatic rings. The number of halogens is 1. The number of rotatable bonds is 5. The lowest BCUT2D eigenvalue weighted by atomic mass is 10.0. The van der Waals surface area contributed by atoms with Gasteiger partial charge >= 0.3 is 0 Å².